The van der Waals surface area contributed by atoms with Crippen LogP contribution in [0.5, 0.6) is 0 Å². The minimum atomic E-state index is -4.86. The third kappa shape index (κ3) is 7.18. The summed E-state index contributed by atoms with van der Waals surface area (Å²) in [6.45, 7) is 0.486. The van der Waals surface area contributed by atoms with Gasteiger partial charge in [0.25, 0.3) is 0 Å². The summed E-state index contributed by atoms with van der Waals surface area (Å²) in [5.74, 6) is -1.40. The number of alkyl halides is 3. The molecule has 7 nitrogen and oxygen atoms in total. The molecule has 0 saturated carbocycles. The first-order chi connectivity index (χ1) is 16.6. The summed E-state index contributed by atoms with van der Waals surface area (Å²) in [6.07, 6.45) is -3.97. The fourth-order valence-electron chi connectivity index (χ4n) is 3.44. The Bertz CT molecular complexity index is 1220. The van der Waals surface area contributed by atoms with Crippen LogP contribution < -0.4 is 9.62 Å². The van der Waals surface area contributed by atoms with E-state index < -0.39 is 56.9 Å². The quantitative estimate of drug-likeness (QED) is 0.448. The van der Waals surface area contributed by atoms with Crippen molar-refractivity contribution >= 4 is 62.3 Å². The molecule has 0 fully saturated rings. The van der Waals surface area contributed by atoms with Crippen molar-refractivity contribution in [1.29, 1.82) is 0 Å². The number of amides is 2. The molecule has 14 heteroatoms. The summed E-state index contributed by atoms with van der Waals surface area (Å²) in [5, 5.41) is 2.22. The molecule has 0 aliphatic heterocycles. The molecule has 198 valence electrons. The van der Waals surface area contributed by atoms with E-state index in [1.165, 1.54) is 19.2 Å². The van der Waals surface area contributed by atoms with Crippen molar-refractivity contribution in [2.75, 3.05) is 24.2 Å². The second-order valence-electron chi connectivity index (χ2n) is 7.69. The van der Waals surface area contributed by atoms with Crippen LogP contribution in [-0.4, -0.2) is 51.0 Å². The number of carbonyl (C=O) groups is 2. The van der Waals surface area contributed by atoms with Crippen LogP contribution in [0.2, 0.25) is 15.1 Å². The van der Waals surface area contributed by atoms with E-state index in [-0.39, 0.29) is 23.0 Å². The zero-order chi connectivity index (χ0) is 27.4. The lowest BCUT2D eigenvalue weighted by Gasteiger charge is -2.33. The Morgan fingerprint density at radius 1 is 1.06 bits per heavy atom. The standard InChI is InChI=1S/C22H23Cl3F3N3O4S/c1-4-19(21(33)29-2)30(11-14-16(23)6-5-7-17(14)24)20(32)12-31(36(3,34)35)13-8-9-18(25)15(10-13)22(26,27)28/h5-10,19H,4,11-12H2,1-3H3,(H,29,33)/t19-/m0/s1. The predicted octanol–water partition coefficient (Wildman–Crippen LogP) is 4.99. The Labute approximate surface area is 222 Å². The number of hydrogen-bond donors (Lipinski definition) is 1. The average Bonchev–Trinajstić information content (AvgIpc) is 2.77. The second kappa shape index (κ2) is 11.9. The van der Waals surface area contributed by atoms with Gasteiger partial charge >= 0.3 is 6.18 Å². The van der Waals surface area contributed by atoms with Gasteiger partial charge in [-0.1, -0.05) is 47.8 Å². The molecule has 0 spiro atoms. The largest absolute Gasteiger partial charge is 0.417 e. The Morgan fingerprint density at radius 2 is 1.64 bits per heavy atom. The lowest BCUT2D eigenvalue weighted by atomic mass is 10.1. The van der Waals surface area contributed by atoms with Gasteiger partial charge in [-0.2, -0.15) is 13.2 Å². The molecule has 0 bridgehead atoms. The number of benzene rings is 2. The van der Waals surface area contributed by atoms with Crippen LogP contribution in [0.3, 0.4) is 0 Å². The number of carbonyl (C=O) groups excluding carboxylic acids is 2. The molecule has 2 aromatic rings. The molecule has 2 aromatic carbocycles. The number of hydrogen-bond acceptors (Lipinski definition) is 4. The van der Waals surface area contributed by atoms with Gasteiger partial charge in [-0.05, 0) is 36.8 Å². The third-order valence-electron chi connectivity index (χ3n) is 5.24. The smallest absolute Gasteiger partial charge is 0.357 e. The Hall–Kier alpha value is -2.21. The normalized spacial score (nSPS) is 12.7. The van der Waals surface area contributed by atoms with E-state index in [0.717, 1.165) is 23.3 Å². The molecule has 0 aliphatic rings. The number of anilines is 1. The minimum Gasteiger partial charge on any atom is -0.357 e. The fourth-order valence-corrected chi connectivity index (χ4v) is 5.02. The van der Waals surface area contributed by atoms with E-state index in [0.29, 0.717) is 15.9 Å². The number of nitrogens with zero attached hydrogens (tertiary/aromatic N) is 2. The van der Waals surface area contributed by atoms with Gasteiger partial charge in [0.2, 0.25) is 21.8 Å². The molecule has 1 N–H and O–H groups in total. The molecule has 2 rings (SSSR count). The summed E-state index contributed by atoms with van der Waals surface area (Å²) in [7, 11) is -2.88. The van der Waals surface area contributed by atoms with Crippen molar-refractivity contribution in [1.82, 2.24) is 10.2 Å². The summed E-state index contributed by atoms with van der Waals surface area (Å²) < 4.78 is 65.8. The van der Waals surface area contributed by atoms with Gasteiger partial charge in [-0.3, -0.25) is 13.9 Å². The third-order valence-corrected chi connectivity index (χ3v) is 7.42. The molecule has 0 aliphatic carbocycles. The van der Waals surface area contributed by atoms with E-state index in [2.05, 4.69) is 5.32 Å². The molecule has 0 aromatic heterocycles. The highest BCUT2D eigenvalue weighted by molar-refractivity contribution is 7.92. The average molecular weight is 589 g/mol. The molecule has 0 heterocycles. The van der Waals surface area contributed by atoms with Crippen LogP contribution in [-0.2, 0) is 32.3 Å². The second-order valence-corrected chi connectivity index (χ2v) is 10.8. The summed E-state index contributed by atoms with van der Waals surface area (Å²) in [6, 6.07) is 6.08. The molecule has 0 radical (unpaired) electrons. The van der Waals surface area contributed by atoms with E-state index >= 15 is 0 Å². The zero-order valence-electron chi connectivity index (χ0n) is 19.4. The van der Waals surface area contributed by atoms with E-state index in [1.807, 2.05) is 0 Å². The van der Waals surface area contributed by atoms with Gasteiger partial charge in [0.1, 0.15) is 12.6 Å². The summed E-state index contributed by atoms with van der Waals surface area (Å²) in [4.78, 5) is 27.1. The van der Waals surface area contributed by atoms with Gasteiger partial charge < -0.3 is 10.2 Å². The molecule has 2 amide bonds. The first-order valence-electron chi connectivity index (χ1n) is 10.4. The van der Waals surface area contributed by atoms with Crippen molar-refractivity contribution in [3.63, 3.8) is 0 Å². The highest BCUT2D eigenvalue weighted by Crippen LogP contribution is 2.37. The summed E-state index contributed by atoms with van der Waals surface area (Å²) >= 11 is 18.1. The zero-order valence-corrected chi connectivity index (χ0v) is 22.5. The van der Waals surface area contributed by atoms with E-state index in [9.17, 15) is 31.2 Å². The van der Waals surface area contributed by atoms with Crippen molar-refractivity contribution in [2.24, 2.45) is 0 Å². The van der Waals surface area contributed by atoms with Crippen LogP contribution in [0.4, 0.5) is 18.9 Å². The van der Waals surface area contributed by atoms with Crippen LogP contribution >= 0.6 is 34.8 Å². The van der Waals surface area contributed by atoms with Crippen molar-refractivity contribution in [3.8, 4) is 0 Å². The minimum absolute atomic E-state index is 0.144. The van der Waals surface area contributed by atoms with Crippen LogP contribution in [0.15, 0.2) is 36.4 Å². The molecular formula is C22H23Cl3F3N3O4S. The molecular weight excluding hydrogens is 566 g/mol. The highest BCUT2D eigenvalue weighted by atomic mass is 35.5. The van der Waals surface area contributed by atoms with Gasteiger partial charge in [0, 0.05) is 29.2 Å². The first kappa shape index (κ1) is 30.0. The predicted molar refractivity (Wildman–Crippen MR) is 134 cm³/mol. The maximum atomic E-state index is 13.5. The highest BCUT2D eigenvalue weighted by Gasteiger charge is 2.36. The van der Waals surface area contributed by atoms with Gasteiger partial charge in [-0.25, -0.2) is 8.42 Å². The number of likely N-dealkylation sites (N-methyl/N-ethyl adjacent to an activating group) is 1. The van der Waals surface area contributed by atoms with Gasteiger partial charge in [0.15, 0.2) is 0 Å². The Balaban J connectivity index is 2.57. The Morgan fingerprint density at radius 3 is 2.11 bits per heavy atom. The number of halogens is 6. The number of nitrogens with one attached hydrogen (secondary N) is 1. The monoisotopic (exact) mass is 587 g/mol. The fraction of sp³-hybridized carbons (Fsp3) is 0.364. The van der Waals surface area contributed by atoms with Gasteiger partial charge in [0.05, 0.1) is 22.5 Å². The summed E-state index contributed by atoms with van der Waals surface area (Å²) in [5.41, 5.74) is -1.38. The van der Waals surface area contributed by atoms with E-state index in [1.54, 1.807) is 13.0 Å². The number of rotatable bonds is 9. The molecule has 1 atom stereocenters. The SMILES string of the molecule is CC[C@@H](C(=O)NC)N(Cc1c(Cl)cccc1Cl)C(=O)CN(c1ccc(Cl)c(C(F)(F)F)c1)S(C)(=O)=O. The van der Waals surface area contributed by atoms with Crippen LogP contribution in [0.1, 0.15) is 24.5 Å². The van der Waals surface area contributed by atoms with E-state index in [4.69, 9.17) is 34.8 Å². The van der Waals surface area contributed by atoms with Crippen LogP contribution in [0.25, 0.3) is 0 Å². The van der Waals surface area contributed by atoms with Crippen LogP contribution in [0, 0.1) is 0 Å². The lowest BCUT2D eigenvalue weighted by molar-refractivity contribution is -0.140. The van der Waals surface area contributed by atoms with Crippen molar-refractivity contribution in [2.45, 2.75) is 32.1 Å². The van der Waals surface area contributed by atoms with Crippen molar-refractivity contribution < 1.29 is 31.2 Å². The first-order valence-corrected chi connectivity index (χ1v) is 13.4. The number of sulfonamides is 1. The Kier molecular flexibility index (Phi) is 9.91. The lowest BCUT2D eigenvalue weighted by Crippen LogP contribution is -2.51. The maximum Gasteiger partial charge on any atom is 0.417 e. The topological polar surface area (TPSA) is 86.8 Å². The van der Waals surface area contributed by atoms with Gasteiger partial charge in [-0.15, -0.1) is 0 Å². The van der Waals surface area contributed by atoms with Crippen molar-refractivity contribution in [3.05, 3.63) is 62.6 Å². The maximum absolute atomic E-state index is 13.5. The molecule has 0 unspecified atom stereocenters. The molecule has 0 saturated heterocycles. The molecule has 36 heavy (non-hydrogen) atoms.